The van der Waals surface area contributed by atoms with E-state index in [2.05, 4.69) is 34.9 Å². The average molecular weight is 497 g/mol. The summed E-state index contributed by atoms with van der Waals surface area (Å²) < 4.78 is 41.4. The van der Waals surface area contributed by atoms with Crippen molar-refractivity contribution >= 4 is 16.0 Å². The lowest BCUT2D eigenvalue weighted by atomic mass is 10.2. The molecule has 0 saturated carbocycles. The Labute approximate surface area is 202 Å². The molecule has 0 amide bonds. The SMILES string of the molecule is COc1ncnc(OC)c1-n1c(NS(=O)(=O)[C@@H](C)Cc2ncc(C)cn2)nnc1-c1ccccc1. The van der Waals surface area contributed by atoms with Crippen LogP contribution in [0.15, 0.2) is 49.1 Å². The number of nitrogens with one attached hydrogen (secondary N) is 1. The zero-order valence-electron chi connectivity index (χ0n) is 19.6. The molecule has 0 spiro atoms. The van der Waals surface area contributed by atoms with Crippen LogP contribution in [0.4, 0.5) is 5.95 Å². The van der Waals surface area contributed by atoms with E-state index in [9.17, 15) is 8.42 Å². The summed E-state index contributed by atoms with van der Waals surface area (Å²) in [7, 11) is -1.06. The Morgan fingerprint density at radius 1 is 0.971 bits per heavy atom. The van der Waals surface area contributed by atoms with Crippen molar-refractivity contribution in [3.05, 3.63) is 60.4 Å². The maximum atomic E-state index is 13.3. The molecule has 0 aliphatic carbocycles. The number of sulfonamides is 1. The lowest BCUT2D eigenvalue weighted by Gasteiger charge is -2.17. The quantitative estimate of drug-likeness (QED) is 0.366. The summed E-state index contributed by atoms with van der Waals surface area (Å²) >= 11 is 0. The van der Waals surface area contributed by atoms with Gasteiger partial charge >= 0.3 is 0 Å². The highest BCUT2D eigenvalue weighted by molar-refractivity contribution is 7.93. The van der Waals surface area contributed by atoms with Crippen molar-refractivity contribution in [1.29, 1.82) is 0 Å². The number of rotatable bonds is 9. The first-order chi connectivity index (χ1) is 16.8. The van der Waals surface area contributed by atoms with Crippen molar-refractivity contribution in [1.82, 2.24) is 34.7 Å². The molecule has 0 unspecified atom stereocenters. The number of nitrogens with zero attached hydrogens (tertiary/aromatic N) is 7. The monoisotopic (exact) mass is 496 g/mol. The van der Waals surface area contributed by atoms with Gasteiger partial charge in [-0.05, 0) is 19.4 Å². The van der Waals surface area contributed by atoms with Crippen molar-refractivity contribution in [2.75, 3.05) is 18.9 Å². The molecule has 182 valence electrons. The minimum Gasteiger partial charge on any atom is -0.479 e. The van der Waals surface area contributed by atoms with Gasteiger partial charge in [-0.15, -0.1) is 10.2 Å². The predicted molar refractivity (Wildman–Crippen MR) is 128 cm³/mol. The summed E-state index contributed by atoms with van der Waals surface area (Å²) in [6.45, 7) is 3.43. The molecule has 4 rings (SSSR count). The number of benzene rings is 1. The van der Waals surface area contributed by atoms with Gasteiger partial charge in [0.1, 0.15) is 12.2 Å². The summed E-state index contributed by atoms with van der Waals surface area (Å²) in [6.07, 6.45) is 4.68. The standard InChI is InChI=1S/C22H24N8O4S/c1-14-11-23-17(24-12-14)10-15(2)35(31,32)29-22-28-27-19(16-8-6-5-7-9-16)30(22)18-20(33-3)25-13-26-21(18)34-4/h5-9,11-13,15H,10H2,1-4H3,(H,28,29)/t15-/m0/s1. The highest BCUT2D eigenvalue weighted by atomic mass is 32.2. The van der Waals surface area contributed by atoms with Crippen LogP contribution in [-0.2, 0) is 16.4 Å². The van der Waals surface area contributed by atoms with E-state index in [1.807, 2.05) is 37.3 Å². The minimum absolute atomic E-state index is 0.0769. The summed E-state index contributed by atoms with van der Waals surface area (Å²) in [4.78, 5) is 16.7. The van der Waals surface area contributed by atoms with E-state index in [0.29, 0.717) is 17.2 Å². The second-order valence-electron chi connectivity index (χ2n) is 7.63. The molecule has 0 aliphatic rings. The molecule has 0 saturated heterocycles. The smallest absolute Gasteiger partial charge is 0.245 e. The first kappa shape index (κ1) is 24.0. The molecule has 3 aromatic heterocycles. The minimum atomic E-state index is -3.94. The van der Waals surface area contributed by atoms with E-state index >= 15 is 0 Å². The second-order valence-corrected chi connectivity index (χ2v) is 9.73. The van der Waals surface area contributed by atoms with Crippen LogP contribution in [0.5, 0.6) is 11.8 Å². The van der Waals surface area contributed by atoms with Crippen molar-refractivity contribution in [2.24, 2.45) is 0 Å². The number of aryl methyl sites for hydroxylation is 1. The third-order valence-electron chi connectivity index (χ3n) is 5.13. The summed E-state index contributed by atoms with van der Waals surface area (Å²) in [5.41, 5.74) is 1.81. The number of ether oxygens (including phenoxy) is 2. The van der Waals surface area contributed by atoms with E-state index in [0.717, 1.165) is 5.56 Å². The molecule has 12 nitrogen and oxygen atoms in total. The average Bonchev–Trinajstić information content (AvgIpc) is 3.27. The van der Waals surface area contributed by atoms with Gasteiger partial charge in [-0.2, -0.15) is 9.97 Å². The largest absolute Gasteiger partial charge is 0.479 e. The number of hydrogen-bond acceptors (Lipinski definition) is 10. The fraction of sp³-hybridized carbons (Fsp3) is 0.273. The van der Waals surface area contributed by atoms with Gasteiger partial charge in [-0.3, -0.25) is 9.29 Å². The Kier molecular flexibility index (Phi) is 6.87. The van der Waals surface area contributed by atoms with Gasteiger partial charge in [0.25, 0.3) is 0 Å². The lowest BCUT2D eigenvalue weighted by molar-refractivity contribution is 0.368. The lowest BCUT2D eigenvalue weighted by Crippen LogP contribution is -2.29. The van der Waals surface area contributed by atoms with Crippen LogP contribution in [0.25, 0.3) is 17.1 Å². The Balaban J connectivity index is 1.79. The molecule has 0 bridgehead atoms. The predicted octanol–water partition coefficient (Wildman–Crippen LogP) is 2.21. The third-order valence-corrected chi connectivity index (χ3v) is 6.82. The van der Waals surface area contributed by atoms with Crippen molar-refractivity contribution in [3.63, 3.8) is 0 Å². The van der Waals surface area contributed by atoms with Gasteiger partial charge < -0.3 is 9.47 Å². The summed E-state index contributed by atoms with van der Waals surface area (Å²) in [5, 5.41) is 7.51. The first-order valence-corrected chi connectivity index (χ1v) is 12.1. The fourth-order valence-electron chi connectivity index (χ4n) is 3.29. The van der Waals surface area contributed by atoms with Crippen LogP contribution >= 0.6 is 0 Å². The molecule has 3 heterocycles. The van der Waals surface area contributed by atoms with Gasteiger partial charge in [0.15, 0.2) is 11.5 Å². The molecule has 0 aliphatic heterocycles. The molecule has 0 radical (unpaired) electrons. The maximum absolute atomic E-state index is 13.3. The van der Waals surface area contributed by atoms with Crippen LogP contribution in [0.3, 0.4) is 0 Å². The molecule has 0 fully saturated rings. The number of anilines is 1. The van der Waals surface area contributed by atoms with E-state index in [1.54, 1.807) is 19.3 Å². The molecular weight excluding hydrogens is 472 g/mol. The van der Waals surface area contributed by atoms with Gasteiger partial charge in [-0.1, -0.05) is 30.3 Å². The van der Waals surface area contributed by atoms with E-state index < -0.39 is 15.3 Å². The topological polar surface area (TPSA) is 147 Å². The molecule has 35 heavy (non-hydrogen) atoms. The zero-order chi connectivity index (χ0) is 25.0. The third kappa shape index (κ3) is 5.04. The fourth-order valence-corrected chi connectivity index (χ4v) is 4.25. The van der Waals surface area contributed by atoms with Crippen LogP contribution in [0.1, 0.15) is 18.3 Å². The molecule has 1 atom stereocenters. The highest BCUT2D eigenvalue weighted by Gasteiger charge is 2.29. The highest BCUT2D eigenvalue weighted by Crippen LogP contribution is 2.35. The van der Waals surface area contributed by atoms with E-state index in [-0.39, 0.29) is 29.8 Å². The Morgan fingerprint density at radius 2 is 1.60 bits per heavy atom. The molecule has 4 aromatic rings. The van der Waals surface area contributed by atoms with Crippen molar-refractivity contribution in [3.8, 4) is 28.8 Å². The maximum Gasteiger partial charge on any atom is 0.245 e. The van der Waals surface area contributed by atoms with Crippen molar-refractivity contribution in [2.45, 2.75) is 25.5 Å². The summed E-state index contributed by atoms with van der Waals surface area (Å²) in [6, 6.07) is 9.16. The van der Waals surface area contributed by atoms with Crippen LogP contribution in [-0.4, -0.2) is 62.6 Å². The van der Waals surface area contributed by atoms with E-state index in [4.69, 9.17) is 9.47 Å². The molecule has 1 N–H and O–H groups in total. The molecule has 1 aromatic carbocycles. The van der Waals surface area contributed by atoms with Gasteiger partial charge in [0.2, 0.25) is 27.7 Å². The molecular formula is C22H24N8O4S. The molecule has 13 heteroatoms. The van der Waals surface area contributed by atoms with Gasteiger partial charge in [0.05, 0.1) is 19.5 Å². The van der Waals surface area contributed by atoms with Crippen molar-refractivity contribution < 1.29 is 17.9 Å². The van der Waals surface area contributed by atoms with Crippen LogP contribution in [0, 0.1) is 6.92 Å². The Hall–Kier alpha value is -4.13. The van der Waals surface area contributed by atoms with Gasteiger partial charge in [0, 0.05) is 24.4 Å². The Morgan fingerprint density at radius 3 is 2.20 bits per heavy atom. The zero-order valence-corrected chi connectivity index (χ0v) is 20.4. The van der Waals surface area contributed by atoms with Gasteiger partial charge in [-0.25, -0.2) is 18.4 Å². The normalized spacial score (nSPS) is 12.2. The number of hydrogen-bond donors (Lipinski definition) is 1. The van der Waals surface area contributed by atoms with Crippen LogP contribution in [0.2, 0.25) is 0 Å². The summed E-state index contributed by atoms with van der Waals surface area (Å²) in [5.74, 6) is 0.974. The first-order valence-electron chi connectivity index (χ1n) is 10.6. The van der Waals surface area contributed by atoms with Crippen LogP contribution < -0.4 is 14.2 Å². The number of aromatic nitrogens is 7. The Bertz CT molecular complexity index is 1390. The number of methoxy groups -OCH3 is 2. The van der Waals surface area contributed by atoms with E-state index in [1.165, 1.54) is 25.1 Å². The second kappa shape index (κ2) is 10.0.